The highest BCUT2D eigenvalue weighted by molar-refractivity contribution is 5.93. The smallest absolute Gasteiger partial charge is 0.248 e. The highest BCUT2D eigenvalue weighted by Gasteiger charge is 2.32. The van der Waals surface area contributed by atoms with Crippen LogP contribution in [0, 0.1) is 0 Å². The molecule has 2 aliphatic rings. The van der Waals surface area contributed by atoms with Crippen LogP contribution >= 0.6 is 0 Å². The number of hydrogen-bond donors (Lipinski definition) is 2. The first-order valence-electron chi connectivity index (χ1n) is 9.44. The van der Waals surface area contributed by atoms with E-state index in [2.05, 4.69) is 15.3 Å². The maximum absolute atomic E-state index is 11.3. The van der Waals surface area contributed by atoms with Gasteiger partial charge >= 0.3 is 0 Å². The molecule has 3 aromatic rings. The predicted octanol–water partition coefficient (Wildman–Crippen LogP) is 1.15. The van der Waals surface area contributed by atoms with E-state index in [1.54, 1.807) is 12.1 Å². The van der Waals surface area contributed by atoms with E-state index in [1.807, 2.05) is 35.3 Å². The molecular weight excluding hydrogens is 354 g/mol. The quantitative estimate of drug-likeness (QED) is 0.709. The Morgan fingerprint density at radius 3 is 2.71 bits per heavy atom. The fraction of sp³-hybridized carbons (Fsp3) is 0.300. The van der Waals surface area contributed by atoms with Crippen molar-refractivity contribution in [3.63, 3.8) is 0 Å². The van der Waals surface area contributed by atoms with Gasteiger partial charge in [-0.2, -0.15) is 5.10 Å². The topological polar surface area (TPSA) is 102 Å². The standard InChI is InChI=1S/C20H21N7O/c21-18(28)13-2-4-14(5-3-13)19-24-17-10-22-8-6-16(17)20(25-19)26-11-15(12-26)27-9-1-7-23-27/h1-5,7,9,15,22H,6,8,10-12H2,(H2,21,28). The van der Waals surface area contributed by atoms with E-state index in [4.69, 9.17) is 15.7 Å². The molecule has 28 heavy (non-hydrogen) atoms. The molecule has 0 radical (unpaired) electrons. The molecule has 0 atom stereocenters. The Kier molecular flexibility index (Phi) is 4.05. The number of carbonyl (C=O) groups excluding carboxylic acids is 1. The zero-order valence-electron chi connectivity index (χ0n) is 15.4. The molecule has 0 saturated carbocycles. The number of nitrogens with two attached hydrogens (primary N) is 1. The lowest BCUT2D eigenvalue weighted by atomic mass is 10.0. The third-order valence-corrected chi connectivity index (χ3v) is 5.40. The van der Waals surface area contributed by atoms with Crippen molar-refractivity contribution in [1.82, 2.24) is 25.1 Å². The summed E-state index contributed by atoms with van der Waals surface area (Å²) in [5, 5.41) is 7.74. The van der Waals surface area contributed by atoms with Gasteiger partial charge in [-0.3, -0.25) is 9.48 Å². The molecule has 5 rings (SSSR count). The summed E-state index contributed by atoms with van der Waals surface area (Å²) < 4.78 is 2.01. The molecule has 1 aromatic carbocycles. The van der Waals surface area contributed by atoms with Gasteiger partial charge in [0.05, 0.1) is 11.7 Å². The highest BCUT2D eigenvalue weighted by Crippen LogP contribution is 2.33. The zero-order chi connectivity index (χ0) is 19.1. The lowest BCUT2D eigenvalue weighted by Crippen LogP contribution is -2.49. The number of carbonyl (C=O) groups is 1. The average molecular weight is 375 g/mol. The van der Waals surface area contributed by atoms with Gasteiger partial charge in [0.2, 0.25) is 5.91 Å². The number of rotatable bonds is 4. The van der Waals surface area contributed by atoms with Crippen LogP contribution in [0.3, 0.4) is 0 Å². The Morgan fingerprint density at radius 1 is 1.18 bits per heavy atom. The summed E-state index contributed by atoms with van der Waals surface area (Å²) >= 11 is 0. The van der Waals surface area contributed by atoms with E-state index in [0.717, 1.165) is 49.7 Å². The highest BCUT2D eigenvalue weighted by atomic mass is 16.1. The summed E-state index contributed by atoms with van der Waals surface area (Å²) in [7, 11) is 0. The van der Waals surface area contributed by atoms with Gasteiger partial charge in [0, 0.05) is 48.7 Å². The van der Waals surface area contributed by atoms with Crippen LogP contribution in [0.4, 0.5) is 5.82 Å². The number of aromatic nitrogens is 4. The van der Waals surface area contributed by atoms with Crippen LogP contribution in [-0.4, -0.2) is 45.3 Å². The molecular formula is C20H21N7O. The number of anilines is 1. The van der Waals surface area contributed by atoms with Gasteiger partial charge in [-0.15, -0.1) is 0 Å². The molecule has 1 fully saturated rings. The van der Waals surface area contributed by atoms with Crippen molar-refractivity contribution in [2.75, 3.05) is 24.5 Å². The Bertz CT molecular complexity index is 1010. The zero-order valence-corrected chi connectivity index (χ0v) is 15.4. The first-order chi connectivity index (χ1) is 13.7. The second kappa shape index (κ2) is 6.72. The van der Waals surface area contributed by atoms with E-state index >= 15 is 0 Å². The minimum atomic E-state index is -0.437. The molecule has 2 aliphatic heterocycles. The Balaban J connectivity index is 1.48. The SMILES string of the molecule is NC(=O)c1ccc(-c2nc3c(c(N4CC(n5cccn5)C4)n2)CCNC3)cc1. The van der Waals surface area contributed by atoms with Crippen LogP contribution in [-0.2, 0) is 13.0 Å². The van der Waals surface area contributed by atoms with E-state index in [9.17, 15) is 4.79 Å². The predicted molar refractivity (Wildman–Crippen MR) is 105 cm³/mol. The second-order valence-corrected chi connectivity index (χ2v) is 7.21. The molecule has 3 N–H and O–H groups in total. The van der Waals surface area contributed by atoms with Gasteiger partial charge in [0.15, 0.2) is 5.82 Å². The van der Waals surface area contributed by atoms with E-state index in [-0.39, 0.29) is 0 Å². The van der Waals surface area contributed by atoms with Crippen molar-refractivity contribution in [3.05, 3.63) is 59.5 Å². The number of benzene rings is 1. The fourth-order valence-corrected chi connectivity index (χ4v) is 3.81. The summed E-state index contributed by atoms with van der Waals surface area (Å²) in [4.78, 5) is 23.3. The minimum Gasteiger partial charge on any atom is -0.366 e. The largest absolute Gasteiger partial charge is 0.366 e. The van der Waals surface area contributed by atoms with Crippen LogP contribution < -0.4 is 16.0 Å². The summed E-state index contributed by atoms with van der Waals surface area (Å²) in [5.41, 5.74) is 8.98. The van der Waals surface area contributed by atoms with Crippen LogP contribution in [0.25, 0.3) is 11.4 Å². The molecule has 0 bridgehead atoms. The van der Waals surface area contributed by atoms with Crippen molar-refractivity contribution >= 4 is 11.7 Å². The number of primary amides is 1. The van der Waals surface area contributed by atoms with Crippen LogP contribution in [0.5, 0.6) is 0 Å². The Hall–Kier alpha value is -3.26. The number of hydrogen-bond acceptors (Lipinski definition) is 6. The van der Waals surface area contributed by atoms with Gasteiger partial charge in [-0.1, -0.05) is 12.1 Å². The number of nitrogens with one attached hydrogen (secondary N) is 1. The van der Waals surface area contributed by atoms with Gasteiger partial charge in [0.1, 0.15) is 5.82 Å². The Morgan fingerprint density at radius 2 is 2.00 bits per heavy atom. The summed E-state index contributed by atoms with van der Waals surface area (Å²) in [6.45, 7) is 3.46. The molecule has 0 unspecified atom stereocenters. The van der Waals surface area contributed by atoms with Crippen LogP contribution in [0.1, 0.15) is 27.7 Å². The molecule has 1 saturated heterocycles. The van der Waals surface area contributed by atoms with E-state index in [0.29, 0.717) is 17.4 Å². The van der Waals surface area contributed by atoms with Crippen molar-refractivity contribution in [2.24, 2.45) is 5.73 Å². The third-order valence-electron chi connectivity index (χ3n) is 5.40. The molecule has 8 heteroatoms. The first kappa shape index (κ1) is 16.9. The van der Waals surface area contributed by atoms with Crippen LogP contribution in [0.15, 0.2) is 42.7 Å². The summed E-state index contributed by atoms with van der Waals surface area (Å²) in [5.74, 6) is 1.26. The average Bonchev–Trinajstić information content (AvgIpc) is 3.21. The second-order valence-electron chi connectivity index (χ2n) is 7.21. The van der Waals surface area contributed by atoms with Gasteiger partial charge in [-0.25, -0.2) is 9.97 Å². The van der Waals surface area contributed by atoms with Crippen LogP contribution in [0.2, 0.25) is 0 Å². The van der Waals surface area contributed by atoms with Crippen molar-refractivity contribution in [3.8, 4) is 11.4 Å². The molecule has 8 nitrogen and oxygen atoms in total. The molecule has 2 aromatic heterocycles. The molecule has 1 amide bonds. The maximum Gasteiger partial charge on any atom is 0.248 e. The normalized spacial score (nSPS) is 16.5. The lowest BCUT2D eigenvalue weighted by molar-refractivity contribution is 0.100. The number of fused-ring (bicyclic) bond motifs is 1. The maximum atomic E-state index is 11.3. The molecule has 4 heterocycles. The number of amides is 1. The molecule has 0 aliphatic carbocycles. The molecule has 0 spiro atoms. The van der Waals surface area contributed by atoms with Gasteiger partial charge < -0.3 is 16.0 Å². The summed E-state index contributed by atoms with van der Waals surface area (Å²) in [6, 6.07) is 9.47. The van der Waals surface area contributed by atoms with Gasteiger partial charge in [0.25, 0.3) is 0 Å². The third kappa shape index (κ3) is 2.91. The minimum absolute atomic E-state index is 0.376. The van der Waals surface area contributed by atoms with E-state index in [1.165, 1.54) is 5.56 Å². The fourth-order valence-electron chi connectivity index (χ4n) is 3.81. The number of nitrogens with zero attached hydrogens (tertiary/aromatic N) is 5. The monoisotopic (exact) mass is 375 g/mol. The molecule has 142 valence electrons. The van der Waals surface area contributed by atoms with Crippen molar-refractivity contribution in [1.29, 1.82) is 0 Å². The first-order valence-corrected chi connectivity index (χ1v) is 9.44. The summed E-state index contributed by atoms with van der Waals surface area (Å²) in [6.07, 6.45) is 4.75. The van der Waals surface area contributed by atoms with E-state index < -0.39 is 5.91 Å². The van der Waals surface area contributed by atoms with Crippen molar-refractivity contribution < 1.29 is 4.79 Å². The lowest BCUT2D eigenvalue weighted by Gasteiger charge is -2.41. The van der Waals surface area contributed by atoms with Crippen molar-refractivity contribution in [2.45, 2.75) is 19.0 Å². The van der Waals surface area contributed by atoms with Gasteiger partial charge in [-0.05, 0) is 31.2 Å². The Labute approximate surface area is 162 Å².